The average Bonchev–Trinajstić information content (AvgIpc) is 2.55. The van der Waals surface area contributed by atoms with E-state index in [-0.39, 0.29) is 24.7 Å². The van der Waals surface area contributed by atoms with Crippen LogP contribution in [0.1, 0.15) is 19.4 Å². The second-order valence-corrected chi connectivity index (χ2v) is 4.56. The van der Waals surface area contributed by atoms with Crippen LogP contribution in [0.3, 0.4) is 0 Å². The second-order valence-electron chi connectivity index (χ2n) is 4.56. The third-order valence-electron chi connectivity index (χ3n) is 3.10. The van der Waals surface area contributed by atoms with Gasteiger partial charge in [-0.25, -0.2) is 13.6 Å². The number of carbonyl (C=O) groups is 1. The first-order chi connectivity index (χ1) is 8.98. The molecule has 2 rings (SSSR count). The molecule has 0 radical (unpaired) electrons. The minimum absolute atomic E-state index is 0.0872. The minimum Gasteiger partial charge on any atom is -0.356 e. The van der Waals surface area contributed by atoms with Gasteiger partial charge < -0.3 is 4.74 Å². The molecule has 104 valence electrons. The average molecular weight is 272 g/mol. The molecule has 1 unspecified atom stereocenters. The highest BCUT2D eigenvalue weighted by Crippen LogP contribution is 2.37. The van der Waals surface area contributed by atoms with Crippen molar-refractivity contribution in [3.8, 4) is 0 Å². The predicted molar refractivity (Wildman–Crippen MR) is 60.9 cm³/mol. The zero-order valence-corrected chi connectivity index (χ0v) is 10.6. The van der Waals surface area contributed by atoms with Gasteiger partial charge in [-0.1, -0.05) is 19.9 Å². The van der Waals surface area contributed by atoms with E-state index < -0.39 is 23.2 Å². The molecule has 1 aliphatic heterocycles. The lowest BCUT2D eigenvalue weighted by molar-refractivity contribution is -0.271. The van der Waals surface area contributed by atoms with Crippen LogP contribution in [-0.4, -0.2) is 19.2 Å². The van der Waals surface area contributed by atoms with E-state index in [1.54, 1.807) is 13.8 Å². The van der Waals surface area contributed by atoms with Crippen molar-refractivity contribution in [1.82, 2.24) is 0 Å². The van der Waals surface area contributed by atoms with E-state index in [0.717, 1.165) is 12.1 Å². The molecule has 0 aromatic heterocycles. The first kappa shape index (κ1) is 13.9. The molecule has 1 heterocycles. The quantitative estimate of drug-likeness (QED) is 0.775. The van der Waals surface area contributed by atoms with Gasteiger partial charge in [0, 0.05) is 0 Å². The molecular weight excluding hydrogens is 258 g/mol. The molecule has 1 aromatic carbocycles. The van der Waals surface area contributed by atoms with Crippen molar-refractivity contribution in [1.29, 1.82) is 0 Å². The topological polar surface area (TPSA) is 44.8 Å². The fourth-order valence-electron chi connectivity index (χ4n) is 2.12. The van der Waals surface area contributed by atoms with Crippen molar-refractivity contribution in [3.63, 3.8) is 0 Å². The van der Waals surface area contributed by atoms with Crippen LogP contribution >= 0.6 is 0 Å². The highest BCUT2D eigenvalue weighted by molar-refractivity contribution is 5.81. The summed E-state index contributed by atoms with van der Waals surface area (Å²) in [6.07, 6.45) is 0. The lowest BCUT2D eigenvalue weighted by atomic mass is 9.83. The van der Waals surface area contributed by atoms with E-state index in [9.17, 15) is 13.6 Å². The Labute approximate surface area is 109 Å². The molecule has 19 heavy (non-hydrogen) atoms. The van der Waals surface area contributed by atoms with E-state index in [1.165, 1.54) is 6.07 Å². The van der Waals surface area contributed by atoms with Gasteiger partial charge in [0.2, 0.25) is 0 Å². The smallest absolute Gasteiger partial charge is 0.356 e. The molecule has 1 atom stereocenters. The number of ether oxygens (including phenoxy) is 1. The standard InChI is InChI=1S/C13H14F2O4/c1-8(2)13(12(16)19-18-6-5-17-13)9-3-4-10(14)11(15)7-9/h3-4,7-8H,5-6H2,1-2H3. The van der Waals surface area contributed by atoms with Gasteiger partial charge >= 0.3 is 5.97 Å². The first-order valence-electron chi connectivity index (χ1n) is 5.92. The van der Waals surface area contributed by atoms with E-state index in [0.29, 0.717) is 0 Å². The Bertz CT molecular complexity index is 490. The Morgan fingerprint density at radius 1 is 1.21 bits per heavy atom. The van der Waals surface area contributed by atoms with Crippen LogP contribution < -0.4 is 0 Å². The maximum Gasteiger partial charge on any atom is 0.378 e. The van der Waals surface area contributed by atoms with Gasteiger partial charge in [0.1, 0.15) is 6.61 Å². The van der Waals surface area contributed by atoms with Gasteiger partial charge in [0.25, 0.3) is 0 Å². The number of rotatable bonds is 2. The highest BCUT2D eigenvalue weighted by atomic mass is 19.2. The van der Waals surface area contributed by atoms with Crippen LogP contribution in [-0.2, 0) is 24.9 Å². The van der Waals surface area contributed by atoms with Crippen LogP contribution in [0.2, 0.25) is 0 Å². The lowest BCUT2D eigenvalue weighted by Crippen LogP contribution is -2.43. The Morgan fingerprint density at radius 2 is 1.95 bits per heavy atom. The molecule has 1 aliphatic rings. The third-order valence-corrected chi connectivity index (χ3v) is 3.10. The molecule has 1 aromatic rings. The summed E-state index contributed by atoms with van der Waals surface area (Å²) in [4.78, 5) is 21.4. The normalized spacial score (nSPS) is 24.2. The molecule has 1 saturated heterocycles. The predicted octanol–water partition coefficient (Wildman–Crippen LogP) is 2.32. The summed E-state index contributed by atoms with van der Waals surface area (Å²) in [5, 5.41) is 0. The van der Waals surface area contributed by atoms with Crippen LogP contribution in [0, 0.1) is 17.6 Å². The largest absolute Gasteiger partial charge is 0.378 e. The van der Waals surface area contributed by atoms with Crippen LogP contribution in [0.4, 0.5) is 8.78 Å². The summed E-state index contributed by atoms with van der Waals surface area (Å²) in [7, 11) is 0. The summed E-state index contributed by atoms with van der Waals surface area (Å²) >= 11 is 0. The van der Waals surface area contributed by atoms with Crippen molar-refractivity contribution in [2.24, 2.45) is 5.92 Å². The molecule has 0 bridgehead atoms. The van der Waals surface area contributed by atoms with Gasteiger partial charge in [0.15, 0.2) is 17.2 Å². The number of benzene rings is 1. The molecule has 0 saturated carbocycles. The summed E-state index contributed by atoms with van der Waals surface area (Å²) in [6.45, 7) is 3.66. The van der Waals surface area contributed by atoms with Crippen LogP contribution in [0.25, 0.3) is 0 Å². The Kier molecular flexibility index (Phi) is 3.82. The summed E-state index contributed by atoms with van der Waals surface area (Å²) in [5.41, 5.74) is -1.29. The van der Waals surface area contributed by atoms with E-state index in [4.69, 9.17) is 4.74 Å². The van der Waals surface area contributed by atoms with Gasteiger partial charge in [-0.2, -0.15) is 4.89 Å². The fourth-order valence-corrected chi connectivity index (χ4v) is 2.12. The van der Waals surface area contributed by atoms with E-state index >= 15 is 0 Å². The Balaban J connectivity index is 2.54. The molecule has 4 nitrogen and oxygen atoms in total. The van der Waals surface area contributed by atoms with Crippen LogP contribution in [0.5, 0.6) is 0 Å². The van der Waals surface area contributed by atoms with Gasteiger partial charge in [-0.15, -0.1) is 0 Å². The third kappa shape index (κ3) is 2.33. The molecule has 6 heteroatoms. The van der Waals surface area contributed by atoms with Crippen molar-refractivity contribution >= 4 is 5.97 Å². The molecule has 1 fully saturated rings. The molecule has 0 N–H and O–H groups in total. The van der Waals surface area contributed by atoms with Gasteiger partial charge in [-0.05, 0) is 23.6 Å². The second kappa shape index (κ2) is 5.22. The van der Waals surface area contributed by atoms with Gasteiger partial charge in [-0.3, -0.25) is 4.89 Å². The summed E-state index contributed by atoms with van der Waals surface area (Å²) < 4.78 is 32.0. The summed E-state index contributed by atoms with van der Waals surface area (Å²) in [5.74, 6) is -3.14. The Hall–Kier alpha value is -1.53. The van der Waals surface area contributed by atoms with Crippen LogP contribution in [0.15, 0.2) is 18.2 Å². The van der Waals surface area contributed by atoms with Crippen molar-refractivity contribution < 1.29 is 28.1 Å². The first-order valence-corrected chi connectivity index (χ1v) is 5.92. The lowest BCUT2D eigenvalue weighted by Gasteiger charge is -2.32. The maximum atomic E-state index is 13.4. The number of carbonyl (C=O) groups excluding carboxylic acids is 1. The zero-order valence-electron chi connectivity index (χ0n) is 10.6. The molecule has 0 spiro atoms. The number of hydrogen-bond acceptors (Lipinski definition) is 4. The highest BCUT2D eigenvalue weighted by Gasteiger charge is 2.48. The van der Waals surface area contributed by atoms with E-state index in [1.807, 2.05) is 0 Å². The number of halogens is 2. The molecular formula is C13H14F2O4. The molecule has 0 aliphatic carbocycles. The van der Waals surface area contributed by atoms with Crippen molar-refractivity contribution in [2.75, 3.05) is 13.2 Å². The zero-order chi connectivity index (χ0) is 14.0. The summed E-state index contributed by atoms with van der Waals surface area (Å²) in [6, 6.07) is 3.21. The van der Waals surface area contributed by atoms with E-state index in [2.05, 4.69) is 9.78 Å². The number of hydrogen-bond donors (Lipinski definition) is 0. The fraction of sp³-hybridized carbons (Fsp3) is 0.462. The Morgan fingerprint density at radius 3 is 2.58 bits per heavy atom. The van der Waals surface area contributed by atoms with Crippen molar-refractivity contribution in [3.05, 3.63) is 35.4 Å². The SMILES string of the molecule is CC(C)C1(c2ccc(F)c(F)c2)OCCOOC1=O. The van der Waals surface area contributed by atoms with Gasteiger partial charge in [0.05, 0.1) is 6.61 Å². The molecule has 0 amide bonds. The monoisotopic (exact) mass is 272 g/mol. The van der Waals surface area contributed by atoms with Crippen molar-refractivity contribution in [2.45, 2.75) is 19.4 Å². The minimum atomic E-state index is -1.49. The maximum absolute atomic E-state index is 13.4.